The molecule has 1 amide bonds. The molecule has 0 radical (unpaired) electrons. The quantitative estimate of drug-likeness (QED) is 0.482. The van der Waals surface area contributed by atoms with E-state index in [9.17, 15) is 23.5 Å². The maximum absolute atomic E-state index is 13.3. The Bertz CT molecular complexity index is 1240. The lowest BCUT2D eigenvalue weighted by Gasteiger charge is -2.28. The third kappa shape index (κ3) is 4.33. The largest absolute Gasteiger partial charge is 0.481 e. The van der Waals surface area contributed by atoms with E-state index in [2.05, 4.69) is 25.8 Å². The van der Waals surface area contributed by atoms with Gasteiger partial charge in [-0.15, -0.1) is 5.10 Å². The average Bonchev–Trinajstić information content (AvgIpc) is 3.32. The molecule has 34 heavy (non-hydrogen) atoms. The van der Waals surface area contributed by atoms with E-state index in [1.807, 2.05) is 6.07 Å². The Balaban J connectivity index is 1.16. The van der Waals surface area contributed by atoms with Crippen molar-refractivity contribution in [2.45, 2.75) is 38.0 Å². The lowest BCUT2D eigenvalue weighted by Crippen LogP contribution is -2.19. The molecule has 2 aliphatic rings. The predicted molar refractivity (Wildman–Crippen MR) is 116 cm³/mol. The standard InChI is InChI=1S/C23H21F2N5O4/c24-16-3-1-13(9-17(16)25)28-22-30-29-20(34-22)19(31)27-14-2-4-18(26-11-14)12-5-7-23(8-6-12)10-15(23)21(32)33/h1-4,9,11-12,15H,5-8,10H2,(H,27,31)(H,28,30)(H,32,33)/t12-,15?,23-. The molecular formula is C23H21F2N5O4. The molecule has 2 aliphatic carbocycles. The summed E-state index contributed by atoms with van der Waals surface area (Å²) in [5, 5.41) is 21.8. The second-order valence-electron chi connectivity index (χ2n) is 8.82. The van der Waals surface area contributed by atoms with Gasteiger partial charge in [0.1, 0.15) is 0 Å². The zero-order valence-electron chi connectivity index (χ0n) is 17.9. The highest BCUT2D eigenvalue weighted by Crippen LogP contribution is 2.63. The molecule has 176 valence electrons. The third-order valence-corrected chi connectivity index (χ3v) is 6.72. The molecule has 11 heteroatoms. The minimum absolute atomic E-state index is 0.0150. The van der Waals surface area contributed by atoms with Gasteiger partial charge in [0.05, 0.1) is 17.8 Å². The lowest BCUT2D eigenvalue weighted by atomic mass is 9.77. The van der Waals surface area contributed by atoms with Gasteiger partial charge in [-0.2, -0.15) is 0 Å². The van der Waals surface area contributed by atoms with Gasteiger partial charge in [0.25, 0.3) is 0 Å². The predicted octanol–water partition coefficient (Wildman–Crippen LogP) is 4.49. The van der Waals surface area contributed by atoms with Crippen LogP contribution in [0.2, 0.25) is 0 Å². The zero-order chi connectivity index (χ0) is 23.9. The van der Waals surface area contributed by atoms with Crippen molar-refractivity contribution < 1.29 is 27.9 Å². The maximum atomic E-state index is 13.3. The molecule has 1 unspecified atom stereocenters. The lowest BCUT2D eigenvalue weighted by molar-refractivity contribution is -0.139. The highest BCUT2D eigenvalue weighted by molar-refractivity contribution is 6.00. The van der Waals surface area contributed by atoms with Crippen LogP contribution in [0, 0.1) is 23.0 Å². The molecule has 2 aromatic heterocycles. The van der Waals surface area contributed by atoms with E-state index in [0.717, 1.165) is 49.9 Å². The van der Waals surface area contributed by atoms with Crippen molar-refractivity contribution in [1.29, 1.82) is 0 Å². The summed E-state index contributed by atoms with van der Waals surface area (Å²) < 4.78 is 31.6. The van der Waals surface area contributed by atoms with E-state index in [-0.39, 0.29) is 34.8 Å². The summed E-state index contributed by atoms with van der Waals surface area (Å²) in [6.45, 7) is 0. The Morgan fingerprint density at radius 2 is 1.82 bits per heavy atom. The molecule has 0 saturated heterocycles. The molecule has 9 nitrogen and oxygen atoms in total. The Morgan fingerprint density at radius 1 is 1.06 bits per heavy atom. The van der Waals surface area contributed by atoms with Gasteiger partial charge >= 0.3 is 23.8 Å². The van der Waals surface area contributed by atoms with E-state index in [4.69, 9.17) is 4.42 Å². The summed E-state index contributed by atoms with van der Waals surface area (Å²) in [6.07, 6.45) is 5.92. The molecule has 1 atom stereocenters. The molecule has 3 N–H and O–H groups in total. The number of rotatable bonds is 6. The highest BCUT2D eigenvalue weighted by Gasteiger charge is 2.58. The van der Waals surface area contributed by atoms with Gasteiger partial charge < -0.3 is 20.2 Å². The molecule has 5 rings (SSSR count). The molecule has 1 aromatic carbocycles. The number of carboxylic acid groups (broad SMARTS) is 1. The molecule has 1 spiro atoms. The number of carbonyl (C=O) groups excluding carboxylic acids is 1. The van der Waals surface area contributed by atoms with E-state index < -0.39 is 23.5 Å². The number of anilines is 3. The Hall–Kier alpha value is -3.89. The smallest absolute Gasteiger partial charge is 0.320 e. The first-order chi connectivity index (χ1) is 16.3. The highest BCUT2D eigenvalue weighted by atomic mass is 19.2. The summed E-state index contributed by atoms with van der Waals surface area (Å²) >= 11 is 0. The second kappa shape index (κ2) is 8.47. The van der Waals surface area contributed by atoms with Gasteiger partial charge in [-0.3, -0.25) is 14.6 Å². The summed E-state index contributed by atoms with van der Waals surface area (Å²) in [6, 6.07) is 6.59. The molecule has 2 saturated carbocycles. The summed E-state index contributed by atoms with van der Waals surface area (Å²) in [4.78, 5) is 28.1. The fourth-order valence-electron chi connectivity index (χ4n) is 4.71. The number of halogens is 2. The van der Waals surface area contributed by atoms with Crippen LogP contribution in [-0.4, -0.2) is 32.2 Å². The third-order valence-electron chi connectivity index (χ3n) is 6.72. The minimum atomic E-state index is -1.04. The van der Waals surface area contributed by atoms with Gasteiger partial charge in [0.15, 0.2) is 11.6 Å². The Kier molecular flexibility index (Phi) is 5.46. The molecular weight excluding hydrogens is 448 g/mol. The molecule has 3 aromatic rings. The SMILES string of the molecule is O=C(Nc1ccc([C@H]2CC[C@]3(CC2)CC3C(=O)O)nc1)c1nnc(Nc2ccc(F)c(F)c2)o1. The van der Waals surface area contributed by atoms with Crippen LogP contribution in [0.4, 0.5) is 26.2 Å². The molecule has 0 bridgehead atoms. The fourth-order valence-corrected chi connectivity index (χ4v) is 4.71. The molecule has 0 aliphatic heterocycles. The van der Waals surface area contributed by atoms with E-state index in [1.165, 1.54) is 6.07 Å². The summed E-state index contributed by atoms with van der Waals surface area (Å²) in [5.41, 5.74) is 1.53. The topological polar surface area (TPSA) is 130 Å². The minimum Gasteiger partial charge on any atom is -0.481 e. The van der Waals surface area contributed by atoms with Crippen LogP contribution in [0.1, 0.15) is 54.4 Å². The van der Waals surface area contributed by atoms with E-state index in [1.54, 1.807) is 12.3 Å². The van der Waals surface area contributed by atoms with Gasteiger partial charge in [-0.25, -0.2) is 8.78 Å². The number of carbonyl (C=O) groups is 2. The summed E-state index contributed by atoms with van der Waals surface area (Å²) in [7, 11) is 0. The normalized spacial score (nSPS) is 23.5. The average molecular weight is 469 g/mol. The monoisotopic (exact) mass is 469 g/mol. The number of aromatic nitrogens is 3. The number of nitrogens with zero attached hydrogens (tertiary/aromatic N) is 3. The maximum Gasteiger partial charge on any atom is 0.320 e. The Labute approximate surface area is 192 Å². The first-order valence-corrected chi connectivity index (χ1v) is 10.9. The van der Waals surface area contributed by atoms with Gasteiger partial charge in [-0.1, -0.05) is 5.10 Å². The van der Waals surface area contributed by atoms with Gasteiger partial charge in [-0.05, 0) is 61.8 Å². The van der Waals surface area contributed by atoms with E-state index >= 15 is 0 Å². The van der Waals surface area contributed by atoms with Crippen LogP contribution in [0.5, 0.6) is 0 Å². The number of carboxylic acids is 1. The van der Waals surface area contributed by atoms with Crippen molar-refractivity contribution >= 4 is 29.3 Å². The van der Waals surface area contributed by atoms with Crippen molar-refractivity contribution in [2.24, 2.45) is 11.3 Å². The van der Waals surface area contributed by atoms with Crippen LogP contribution < -0.4 is 10.6 Å². The second-order valence-corrected chi connectivity index (χ2v) is 8.82. The molecule has 2 fully saturated rings. The van der Waals surface area contributed by atoms with Crippen LogP contribution in [-0.2, 0) is 4.79 Å². The first-order valence-electron chi connectivity index (χ1n) is 10.9. The summed E-state index contributed by atoms with van der Waals surface area (Å²) in [5.74, 6) is -3.61. The van der Waals surface area contributed by atoms with Crippen molar-refractivity contribution in [2.75, 3.05) is 10.6 Å². The van der Waals surface area contributed by atoms with E-state index in [0.29, 0.717) is 5.69 Å². The van der Waals surface area contributed by atoms with Crippen molar-refractivity contribution in [3.8, 4) is 0 Å². The number of pyridine rings is 1. The zero-order valence-corrected chi connectivity index (χ0v) is 17.9. The number of hydrogen-bond acceptors (Lipinski definition) is 7. The first kappa shape index (κ1) is 21.9. The van der Waals surface area contributed by atoms with Crippen molar-refractivity contribution in [1.82, 2.24) is 15.2 Å². The van der Waals surface area contributed by atoms with Crippen LogP contribution >= 0.6 is 0 Å². The fraction of sp³-hybridized carbons (Fsp3) is 0.348. The number of benzene rings is 1. The number of nitrogens with one attached hydrogen (secondary N) is 2. The number of hydrogen-bond donors (Lipinski definition) is 3. The van der Waals surface area contributed by atoms with Gasteiger partial charge in [0.2, 0.25) is 0 Å². The van der Waals surface area contributed by atoms with Gasteiger partial charge in [0, 0.05) is 23.4 Å². The number of aliphatic carboxylic acids is 1. The van der Waals surface area contributed by atoms with Crippen molar-refractivity contribution in [3.63, 3.8) is 0 Å². The van der Waals surface area contributed by atoms with Crippen LogP contribution in [0.25, 0.3) is 0 Å². The van der Waals surface area contributed by atoms with Crippen LogP contribution in [0.3, 0.4) is 0 Å². The number of amides is 1. The Morgan fingerprint density at radius 3 is 2.47 bits per heavy atom. The molecule has 2 heterocycles. The van der Waals surface area contributed by atoms with Crippen molar-refractivity contribution in [3.05, 3.63) is 59.7 Å². The van der Waals surface area contributed by atoms with Crippen LogP contribution in [0.15, 0.2) is 40.9 Å².